The van der Waals surface area contributed by atoms with Gasteiger partial charge in [0.1, 0.15) is 0 Å². The smallest absolute Gasteiger partial charge is 0.0613 e. The molecule has 3 atom stereocenters. The quantitative estimate of drug-likeness (QED) is 0.711. The Morgan fingerprint density at radius 1 is 1.33 bits per heavy atom. The van der Waals surface area contributed by atoms with Gasteiger partial charge in [0.25, 0.3) is 0 Å². The van der Waals surface area contributed by atoms with Crippen LogP contribution in [-0.4, -0.2) is 39.0 Å². The Kier molecular flexibility index (Phi) is 6.61. The molecule has 0 aromatic rings. The summed E-state index contributed by atoms with van der Waals surface area (Å²) in [6, 6.07) is 0.403. The second-order valence-electron chi connectivity index (χ2n) is 6.72. The summed E-state index contributed by atoms with van der Waals surface area (Å²) in [6.45, 7) is 11.7. The zero-order chi connectivity index (χ0) is 13.6. The topological polar surface area (TPSA) is 30.5 Å². The van der Waals surface area contributed by atoms with E-state index in [4.69, 9.17) is 9.47 Å². The minimum atomic E-state index is 0.403. The maximum Gasteiger partial charge on any atom is 0.0613 e. The fourth-order valence-corrected chi connectivity index (χ4v) is 3.23. The third-order valence-electron chi connectivity index (χ3n) is 3.71. The minimum absolute atomic E-state index is 0.403. The van der Waals surface area contributed by atoms with E-state index in [-0.39, 0.29) is 0 Å². The molecule has 3 nitrogen and oxygen atoms in total. The van der Waals surface area contributed by atoms with Gasteiger partial charge in [-0.2, -0.15) is 0 Å². The van der Waals surface area contributed by atoms with Gasteiger partial charge in [0.15, 0.2) is 0 Å². The van der Waals surface area contributed by atoms with Gasteiger partial charge in [0, 0.05) is 19.7 Å². The molecule has 0 bridgehead atoms. The Hall–Kier alpha value is -0.120. The highest BCUT2D eigenvalue weighted by atomic mass is 16.5. The van der Waals surface area contributed by atoms with Gasteiger partial charge in [-0.15, -0.1) is 0 Å². The first kappa shape index (κ1) is 15.9. The van der Waals surface area contributed by atoms with Crippen molar-refractivity contribution < 1.29 is 9.47 Å². The van der Waals surface area contributed by atoms with E-state index in [1.807, 2.05) is 0 Å². The lowest BCUT2D eigenvalue weighted by atomic mass is 9.71. The summed E-state index contributed by atoms with van der Waals surface area (Å²) in [4.78, 5) is 0. The summed E-state index contributed by atoms with van der Waals surface area (Å²) in [5, 5.41) is 3.41. The van der Waals surface area contributed by atoms with Crippen molar-refractivity contribution in [2.45, 2.75) is 59.1 Å². The van der Waals surface area contributed by atoms with Crippen LogP contribution in [0.25, 0.3) is 0 Å². The molecule has 1 saturated carbocycles. The Morgan fingerprint density at radius 2 is 2.06 bits per heavy atom. The van der Waals surface area contributed by atoms with Gasteiger partial charge in [0.2, 0.25) is 0 Å². The highest BCUT2D eigenvalue weighted by Crippen LogP contribution is 2.39. The standard InChI is InChI=1S/C15H31NO2/c1-12-8-14(10-15(3,4)9-12)18-7-6-16-13(2)11-17-5/h12-14,16H,6-11H2,1-5H3. The molecule has 1 aliphatic rings. The molecular formula is C15H31NO2. The number of ether oxygens (including phenoxy) is 2. The maximum atomic E-state index is 6.01. The molecule has 0 aromatic heterocycles. The lowest BCUT2D eigenvalue weighted by Crippen LogP contribution is -2.36. The first-order valence-corrected chi connectivity index (χ1v) is 7.27. The first-order chi connectivity index (χ1) is 8.43. The predicted octanol–water partition coefficient (Wildman–Crippen LogP) is 2.84. The van der Waals surface area contributed by atoms with Crippen LogP contribution in [0.5, 0.6) is 0 Å². The van der Waals surface area contributed by atoms with E-state index in [1.165, 1.54) is 19.3 Å². The fraction of sp³-hybridized carbons (Fsp3) is 1.00. The third-order valence-corrected chi connectivity index (χ3v) is 3.71. The molecule has 3 heteroatoms. The summed E-state index contributed by atoms with van der Waals surface area (Å²) in [5.41, 5.74) is 0.444. The lowest BCUT2D eigenvalue weighted by Gasteiger charge is -2.38. The maximum absolute atomic E-state index is 6.01. The minimum Gasteiger partial charge on any atom is -0.383 e. The summed E-state index contributed by atoms with van der Waals surface area (Å²) in [5.74, 6) is 0.791. The monoisotopic (exact) mass is 257 g/mol. The van der Waals surface area contributed by atoms with Crippen LogP contribution >= 0.6 is 0 Å². The van der Waals surface area contributed by atoms with E-state index in [9.17, 15) is 0 Å². The molecule has 0 amide bonds. The summed E-state index contributed by atoms with van der Waals surface area (Å²) >= 11 is 0. The number of hydrogen-bond donors (Lipinski definition) is 1. The molecule has 1 fully saturated rings. The molecule has 0 aromatic carbocycles. The van der Waals surface area contributed by atoms with Gasteiger partial charge < -0.3 is 14.8 Å². The van der Waals surface area contributed by atoms with Crippen LogP contribution in [0.2, 0.25) is 0 Å². The van der Waals surface area contributed by atoms with Crippen molar-refractivity contribution in [1.29, 1.82) is 0 Å². The number of methoxy groups -OCH3 is 1. The van der Waals surface area contributed by atoms with E-state index < -0.39 is 0 Å². The van der Waals surface area contributed by atoms with Crippen LogP contribution in [0.4, 0.5) is 0 Å². The molecule has 1 rings (SSSR count). The van der Waals surface area contributed by atoms with Crippen LogP contribution in [0, 0.1) is 11.3 Å². The largest absolute Gasteiger partial charge is 0.383 e. The second kappa shape index (κ2) is 7.46. The van der Waals surface area contributed by atoms with Gasteiger partial charge in [0.05, 0.1) is 19.3 Å². The predicted molar refractivity (Wildman–Crippen MR) is 75.9 cm³/mol. The summed E-state index contributed by atoms with van der Waals surface area (Å²) in [7, 11) is 1.74. The SMILES string of the molecule is COCC(C)NCCOC1CC(C)CC(C)(C)C1. The lowest BCUT2D eigenvalue weighted by molar-refractivity contribution is -0.0221. The summed E-state index contributed by atoms with van der Waals surface area (Å²) < 4.78 is 11.1. The highest BCUT2D eigenvalue weighted by Gasteiger charge is 2.32. The van der Waals surface area contributed by atoms with Crippen LogP contribution in [0.15, 0.2) is 0 Å². The normalized spacial score (nSPS) is 29.2. The molecule has 0 radical (unpaired) electrons. The van der Waals surface area contributed by atoms with Gasteiger partial charge in [-0.05, 0) is 37.5 Å². The van der Waals surface area contributed by atoms with Crippen LogP contribution in [0.3, 0.4) is 0 Å². The Labute approximate surface area is 113 Å². The third kappa shape index (κ3) is 6.17. The van der Waals surface area contributed by atoms with Crippen molar-refractivity contribution in [3.05, 3.63) is 0 Å². The van der Waals surface area contributed by atoms with Crippen molar-refractivity contribution in [1.82, 2.24) is 5.32 Å². The van der Waals surface area contributed by atoms with E-state index in [1.54, 1.807) is 7.11 Å². The van der Waals surface area contributed by atoms with E-state index >= 15 is 0 Å². The molecule has 0 heterocycles. The fourth-order valence-electron chi connectivity index (χ4n) is 3.23. The molecule has 0 saturated heterocycles. The highest BCUT2D eigenvalue weighted by molar-refractivity contribution is 4.83. The van der Waals surface area contributed by atoms with Crippen molar-refractivity contribution in [3.8, 4) is 0 Å². The van der Waals surface area contributed by atoms with Gasteiger partial charge in [-0.25, -0.2) is 0 Å². The molecule has 1 N–H and O–H groups in total. The average Bonchev–Trinajstić information content (AvgIpc) is 2.22. The first-order valence-electron chi connectivity index (χ1n) is 7.27. The van der Waals surface area contributed by atoms with Crippen LogP contribution in [-0.2, 0) is 9.47 Å². The molecular weight excluding hydrogens is 226 g/mol. The van der Waals surface area contributed by atoms with Gasteiger partial charge >= 0.3 is 0 Å². The van der Waals surface area contributed by atoms with E-state index in [0.29, 0.717) is 17.6 Å². The molecule has 0 aliphatic heterocycles. The van der Waals surface area contributed by atoms with Crippen molar-refractivity contribution in [2.24, 2.45) is 11.3 Å². The number of hydrogen-bond acceptors (Lipinski definition) is 3. The Balaban J connectivity index is 2.15. The molecule has 0 spiro atoms. The van der Waals surface area contributed by atoms with Crippen molar-refractivity contribution in [2.75, 3.05) is 26.9 Å². The van der Waals surface area contributed by atoms with Gasteiger partial charge in [-0.3, -0.25) is 0 Å². The zero-order valence-corrected chi connectivity index (χ0v) is 12.8. The average molecular weight is 257 g/mol. The van der Waals surface area contributed by atoms with E-state index in [0.717, 1.165) is 25.7 Å². The van der Waals surface area contributed by atoms with Gasteiger partial charge in [-0.1, -0.05) is 20.8 Å². The molecule has 108 valence electrons. The molecule has 1 aliphatic carbocycles. The van der Waals surface area contributed by atoms with Crippen LogP contribution < -0.4 is 5.32 Å². The second-order valence-corrected chi connectivity index (χ2v) is 6.72. The van der Waals surface area contributed by atoms with Crippen molar-refractivity contribution >= 4 is 0 Å². The number of nitrogens with one attached hydrogen (secondary N) is 1. The van der Waals surface area contributed by atoms with Crippen LogP contribution in [0.1, 0.15) is 47.0 Å². The zero-order valence-electron chi connectivity index (χ0n) is 12.8. The molecule has 3 unspecified atom stereocenters. The molecule has 18 heavy (non-hydrogen) atoms. The number of rotatable bonds is 7. The Morgan fingerprint density at radius 3 is 2.67 bits per heavy atom. The van der Waals surface area contributed by atoms with E-state index in [2.05, 4.69) is 33.0 Å². The van der Waals surface area contributed by atoms with Crippen molar-refractivity contribution in [3.63, 3.8) is 0 Å². The Bertz CT molecular complexity index is 231. The summed E-state index contributed by atoms with van der Waals surface area (Å²) in [6.07, 6.45) is 4.20.